The van der Waals surface area contributed by atoms with Gasteiger partial charge < -0.3 is 15.2 Å². The van der Waals surface area contributed by atoms with Crippen molar-refractivity contribution >= 4 is 11.7 Å². The summed E-state index contributed by atoms with van der Waals surface area (Å²) in [5.41, 5.74) is 0.314. The minimum atomic E-state index is -0.214. The van der Waals surface area contributed by atoms with Gasteiger partial charge in [-0.15, -0.1) is 20.4 Å². The third kappa shape index (κ3) is 3.64. The highest BCUT2D eigenvalue weighted by Crippen LogP contribution is 2.15. The van der Waals surface area contributed by atoms with Crippen LogP contribution in [0.2, 0.25) is 0 Å². The van der Waals surface area contributed by atoms with Crippen molar-refractivity contribution in [2.24, 2.45) is 0 Å². The summed E-state index contributed by atoms with van der Waals surface area (Å²) in [7, 11) is 0. The Morgan fingerprint density at radius 1 is 1.17 bits per heavy atom. The van der Waals surface area contributed by atoms with Crippen molar-refractivity contribution in [2.45, 2.75) is 45.7 Å². The second-order valence-electron chi connectivity index (χ2n) is 5.51. The van der Waals surface area contributed by atoms with Gasteiger partial charge in [0, 0.05) is 19.5 Å². The fraction of sp³-hybridized carbons (Fsp3) is 0.533. The van der Waals surface area contributed by atoms with Gasteiger partial charge in [-0.3, -0.25) is 4.79 Å². The van der Waals surface area contributed by atoms with E-state index in [1.165, 1.54) is 19.3 Å². The fourth-order valence-corrected chi connectivity index (χ4v) is 2.64. The van der Waals surface area contributed by atoms with Crippen molar-refractivity contribution in [3.05, 3.63) is 29.5 Å². The maximum Gasteiger partial charge on any atom is 0.271 e. The van der Waals surface area contributed by atoms with E-state index in [-0.39, 0.29) is 5.91 Å². The van der Waals surface area contributed by atoms with Crippen molar-refractivity contribution in [1.82, 2.24) is 30.3 Å². The van der Waals surface area contributed by atoms with E-state index in [9.17, 15) is 4.79 Å². The molecule has 0 unspecified atom stereocenters. The third-order valence-electron chi connectivity index (χ3n) is 3.85. The smallest absolute Gasteiger partial charge is 0.271 e. The molecule has 0 saturated heterocycles. The Morgan fingerprint density at radius 3 is 2.87 bits per heavy atom. The van der Waals surface area contributed by atoms with Crippen LogP contribution in [-0.2, 0) is 19.5 Å². The first-order valence-electron chi connectivity index (χ1n) is 8.04. The normalized spacial score (nSPS) is 14.0. The average molecular weight is 315 g/mol. The zero-order valence-corrected chi connectivity index (χ0v) is 13.2. The minimum absolute atomic E-state index is 0.214. The number of anilines is 1. The van der Waals surface area contributed by atoms with Crippen LogP contribution in [0.25, 0.3) is 0 Å². The molecular formula is C15H21N7O. The van der Waals surface area contributed by atoms with Gasteiger partial charge >= 0.3 is 0 Å². The minimum Gasteiger partial charge on any atom is -0.361 e. The Morgan fingerprint density at radius 2 is 2.09 bits per heavy atom. The molecule has 2 N–H and O–H groups in total. The molecule has 1 amide bonds. The molecule has 0 spiro atoms. The van der Waals surface area contributed by atoms with E-state index in [1.54, 1.807) is 12.1 Å². The molecule has 0 aliphatic carbocycles. The summed E-state index contributed by atoms with van der Waals surface area (Å²) in [5.74, 6) is 2.38. The van der Waals surface area contributed by atoms with Crippen LogP contribution >= 0.6 is 0 Å². The van der Waals surface area contributed by atoms with Gasteiger partial charge in [0.15, 0.2) is 11.5 Å². The zero-order valence-electron chi connectivity index (χ0n) is 13.2. The fourth-order valence-electron chi connectivity index (χ4n) is 2.64. The molecule has 3 rings (SSSR count). The summed E-state index contributed by atoms with van der Waals surface area (Å²) < 4.78 is 2.19. The molecule has 23 heavy (non-hydrogen) atoms. The predicted octanol–water partition coefficient (Wildman–Crippen LogP) is 1.16. The van der Waals surface area contributed by atoms with Gasteiger partial charge in [-0.2, -0.15) is 0 Å². The molecule has 2 aromatic heterocycles. The number of nitrogens with one attached hydrogen (secondary N) is 2. The van der Waals surface area contributed by atoms with E-state index in [2.05, 4.69) is 35.6 Å². The van der Waals surface area contributed by atoms with Crippen LogP contribution in [0.3, 0.4) is 0 Å². The molecule has 0 aromatic carbocycles. The standard InChI is InChI=1S/C15H21N7O/c1-2-16-15(23)11-7-8-12(19-18-11)17-10-14-21-20-13-6-4-3-5-9-22(13)14/h7-8H,2-6,9-10H2,1H3,(H,16,23)(H,17,19). The Bertz CT molecular complexity index is 665. The van der Waals surface area contributed by atoms with Crippen molar-refractivity contribution < 1.29 is 4.79 Å². The highest BCUT2D eigenvalue weighted by Gasteiger charge is 2.14. The van der Waals surface area contributed by atoms with Crippen LogP contribution in [0.1, 0.15) is 48.3 Å². The summed E-state index contributed by atoms with van der Waals surface area (Å²) >= 11 is 0. The van der Waals surface area contributed by atoms with Gasteiger partial charge in [0.05, 0.1) is 6.54 Å². The molecule has 0 atom stereocenters. The van der Waals surface area contributed by atoms with Gasteiger partial charge in [0.1, 0.15) is 11.6 Å². The molecule has 1 aliphatic rings. The Balaban J connectivity index is 1.62. The zero-order chi connectivity index (χ0) is 16.1. The second kappa shape index (κ2) is 7.17. The highest BCUT2D eigenvalue weighted by molar-refractivity contribution is 5.92. The Hall–Kier alpha value is -2.51. The largest absolute Gasteiger partial charge is 0.361 e. The Labute approximate surface area is 134 Å². The molecule has 0 radical (unpaired) electrons. The average Bonchev–Trinajstić information content (AvgIpc) is 2.80. The monoisotopic (exact) mass is 315 g/mol. The quantitative estimate of drug-likeness (QED) is 0.859. The number of carbonyl (C=O) groups excluding carboxylic acids is 1. The van der Waals surface area contributed by atoms with Gasteiger partial charge in [0.2, 0.25) is 0 Å². The number of carbonyl (C=O) groups is 1. The van der Waals surface area contributed by atoms with Crippen LogP contribution in [0.5, 0.6) is 0 Å². The number of aryl methyl sites for hydroxylation is 1. The molecule has 0 fully saturated rings. The summed E-state index contributed by atoms with van der Waals surface area (Å²) in [6.07, 6.45) is 4.58. The van der Waals surface area contributed by atoms with Crippen LogP contribution < -0.4 is 10.6 Å². The SMILES string of the molecule is CCNC(=O)c1ccc(NCc2nnc3n2CCCCC3)nn1. The van der Waals surface area contributed by atoms with E-state index < -0.39 is 0 Å². The molecule has 122 valence electrons. The number of amides is 1. The van der Waals surface area contributed by atoms with Crippen molar-refractivity contribution in [3.63, 3.8) is 0 Å². The maximum absolute atomic E-state index is 11.6. The molecule has 1 aliphatic heterocycles. The van der Waals surface area contributed by atoms with Crippen LogP contribution in [0, 0.1) is 0 Å². The first-order valence-corrected chi connectivity index (χ1v) is 8.04. The summed E-state index contributed by atoms with van der Waals surface area (Å²) in [6.45, 7) is 3.95. The maximum atomic E-state index is 11.6. The number of hydrogen-bond donors (Lipinski definition) is 2. The molecule has 8 nitrogen and oxygen atoms in total. The van der Waals surface area contributed by atoms with Crippen molar-refractivity contribution in [3.8, 4) is 0 Å². The van der Waals surface area contributed by atoms with Gasteiger partial charge in [-0.1, -0.05) is 6.42 Å². The number of rotatable bonds is 5. The molecule has 2 aromatic rings. The topological polar surface area (TPSA) is 97.6 Å². The Kier molecular flexibility index (Phi) is 4.80. The van der Waals surface area contributed by atoms with Gasteiger partial charge in [-0.05, 0) is 31.9 Å². The summed E-state index contributed by atoms with van der Waals surface area (Å²) in [4.78, 5) is 11.6. The van der Waals surface area contributed by atoms with Gasteiger partial charge in [-0.25, -0.2) is 0 Å². The number of hydrogen-bond acceptors (Lipinski definition) is 6. The lowest BCUT2D eigenvalue weighted by atomic mass is 10.2. The number of fused-ring (bicyclic) bond motifs is 1. The predicted molar refractivity (Wildman–Crippen MR) is 84.9 cm³/mol. The summed E-state index contributed by atoms with van der Waals surface area (Å²) in [6, 6.07) is 3.40. The lowest BCUT2D eigenvalue weighted by Gasteiger charge is -2.08. The molecule has 0 saturated carbocycles. The molecular weight excluding hydrogens is 294 g/mol. The first-order chi connectivity index (χ1) is 11.3. The first kappa shape index (κ1) is 15.4. The lowest BCUT2D eigenvalue weighted by molar-refractivity contribution is 0.0950. The summed E-state index contributed by atoms with van der Waals surface area (Å²) in [5, 5.41) is 22.4. The van der Waals surface area contributed by atoms with E-state index in [4.69, 9.17) is 0 Å². The van der Waals surface area contributed by atoms with E-state index in [1.807, 2.05) is 6.92 Å². The van der Waals surface area contributed by atoms with E-state index in [0.29, 0.717) is 24.6 Å². The highest BCUT2D eigenvalue weighted by atomic mass is 16.1. The van der Waals surface area contributed by atoms with Crippen molar-refractivity contribution in [2.75, 3.05) is 11.9 Å². The number of nitrogens with zero attached hydrogens (tertiary/aromatic N) is 5. The number of aromatic nitrogens is 5. The van der Waals surface area contributed by atoms with Gasteiger partial charge in [0.25, 0.3) is 5.91 Å². The molecule has 3 heterocycles. The molecule has 8 heteroatoms. The second-order valence-corrected chi connectivity index (χ2v) is 5.51. The van der Waals surface area contributed by atoms with E-state index in [0.717, 1.165) is 24.6 Å². The van der Waals surface area contributed by atoms with Crippen LogP contribution in [-0.4, -0.2) is 37.4 Å². The van der Waals surface area contributed by atoms with Crippen LogP contribution in [0.4, 0.5) is 5.82 Å². The van der Waals surface area contributed by atoms with E-state index >= 15 is 0 Å². The lowest BCUT2D eigenvalue weighted by Crippen LogP contribution is -2.24. The van der Waals surface area contributed by atoms with Crippen molar-refractivity contribution in [1.29, 1.82) is 0 Å². The van der Waals surface area contributed by atoms with Crippen LogP contribution in [0.15, 0.2) is 12.1 Å². The molecule has 0 bridgehead atoms. The third-order valence-corrected chi connectivity index (χ3v) is 3.85.